The third-order valence-electron chi connectivity index (χ3n) is 2.94. The van der Waals surface area contributed by atoms with Gasteiger partial charge in [0.25, 0.3) is 0 Å². The van der Waals surface area contributed by atoms with Gasteiger partial charge >= 0.3 is 0 Å². The number of nitrogens with one attached hydrogen (secondary N) is 1. The highest BCUT2D eigenvalue weighted by molar-refractivity contribution is 5.13. The van der Waals surface area contributed by atoms with Crippen LogP contribution in [0.5, 0.6) is 0 Å². The highest BCUT2D eigenvalue weighted by Gasteiger charge is 2.16. The van der Waals surface area contributed by atoms with Crippen LogP contribution in [-0.4, -0.2) is 24.7 Å². The molecule has 2 unspecified atom stereocenters. The molecule has 1 aliphatic heterocycles. The van der Waals surface area contributed by atoms with Crippen molar-refractivity contribution in [2.75, 3.05) is 19.8 Å². The van der Waals surface area contributed by atoms with Gasteiger partial charge in [0.2, 0.25) is 0 Å². The average molecular weight is 206 g/mol. The highest BCUT2D eigenvalue weighted by atomic mass is 16.5. The van der Waals surface area contributed by atoms with Crippen LogP contribution in [0.15, 0.2) is 24.5 Å². The first-order valence-electron chi connectivity index (χ1n) is 5.57. The summed E-state index contributed by atoms with van der Waals surface area (Å²) in [6, 6.07) is 4.51. The van der Waals surface area contributed by atoms with Gasteiger partial charge in [-0.25, -0.2) is 0 Å². The summed E-state index contributed by atoms with van der Waals surface area (Å²) in [5, 5.41) is 3.53. The Morgan fingerprint density at radius 3 is 3.00 bits per heavy atom. The van der Waals surface area contributed by atoms with E-state index in [2.05, 4.69) is 29.4 Å². The molecule has 0 saturated carbocycles. The van der Waals surface area contributed by atoms with E-state index in [4.69, 9.17) is 4.74 Å². The number of hydrogen-bond donors (Lipinski definition) is 1. The van der Waals surface area contributed by atoms with E-state index in [1.54, 1.807) is 0 Å². The van der Waals surface area contributed by atoms with Crippen LogP contribution in [0.3, 0.4) is 0 Å². The van der Waals surface area contributed by atoms with E-state index in [9.17, 15) is 0 Å². The molecule has 3 heteroatoms. The number of ether oxygens (including phenoxy) is 1. The van der Waals surface area contributed by atoms with Gasteiger partial charge in [-0.1, -0.05) is 0 Å². The second-order valence-electron chi connectivity index (χ2n) is 4.14. The summed E-state index contributed by atoms with van der Waals surface area (Å²) < 4.78 is 5.35. The zero-order valence-electron chi connectivity index (χ0n) is 9.15. The number of nitrogens with zero attached hydrogens (tertiary/aromatic N) is 1. The van der Waals surface area contributed by atoms with Crippen LogP contribution in [-0.2, 0) is 4.74 Å². The standard InChI is InChI=1S/C12H18N2O/c1-10(12-2-5-13-6-3-12)14-8-11-4-7-15-9-11/h2-3,5-6,10-11,14H,4,7-9H2,1H3. The quantitative estimate of drug-likeness (QED) is 0.815. The summed E-state index contributed by atoms with van der Waals surface area (Å²) in [7, 11) is 0. The van der Waals surface area contributed by atoms with Gasteiger partial charge in [-0.3, -0.25) is 4.98 Å². The minimum Gasteiger partial charge on any atom is -0.381 e. The molecule has 1 aromatic rings. The normalized spacial score (nSPS) is 22.9. The van der Waals surface area contributed by atoms with Gasteiger partial charge in [0.05, 0.1) is 6.61 Å². The van der Waals surface area contributed by atoms with Gasteiger partial charge in [-0.2, -0.15) is 0 Å². The van der Waals surface area contributed by atoms with Crippen LogP contribution in [0, 0.1) is 5.92 Å². The SMILES string of the molecule is CC(NCC1CCOC1)c1ccncc1. The van der Waals surface area contributed by atoms with Gasteiger partial charge < -0.3 is 10.1 Å². The van der Waals surface area contributed by atoms with Crippen molar-refractivity contribution in [1.82, 2.24) is 10.3 Å². The fraction of sp³-hybridized carbons (Fsp3) is 0.583. The third kappa shape index (κ3) is 3.01. The Labute approximate surface area is 90.9 Å². The molecule has 82 valence electrons. The third-order valence-corrected chi connectivity index (χ3v) is 2.94. The molecule has 2 rings (SSSR count). The molecule has 15 heavy (non-hydrogen) atoms. The van der Waals surface area contributed by atoms with Crippen molar-refractivity contribution in [3.05, 3.63) is 30.1 Å². The van der Waals surface area contributed by atoms with Gasteiger partial charge in [-0.15, -0.1) is 0 Å². The Hall–Kier alpha value is -0.930. The van der Waals surface area contributed by atoms with Gasteiger partial charge in [0, 0.05) is 31.6 Å². The Morgan fingerprint density at radius 1 is 1.53 bits per heavy atom. The minimum absolute atomic E-state index is 0.397. The first kappa shape index (κ1) is 10.6. The molecular weight excluding hydrogens is 188 g/mol. The van der Waals surface area contributed by atoms with Crippen molar-refractivity contribution in [2.45, 2.75) is 19.4 Å². The monoisotopic (exact) mass is 206 g/mol. The molecule has 3 nitrogen and oxygen atoms in total. The Morgan fingerprint density at radius 2 is 2.33 bits per heavy atom. The summed E-state index contributed by atoms with van der Waals surface area (Å²) in [6.07, 6.45) is 4.87. The molecule has 0 aromatic carbocycles. The molecule has 0 spiro atoms. The van der Waals surface area contributed by atoms with Crippen molar-refractivity contribution in [3.8, 4) is 0 Å². The van der Waals surface area contributed by atoms with E-state index in [-0.39, 0.29) is 0 Å². The number of pyridine rings is 1. The summed E-state index contributed by atoms with van der Waals surface area (Å²) >= 11 is 0. The summed E-state index contributed by atoms with van der Waals surface area (Å²) in [5.41, 5.74) is 1.30. The largest absolute Gasteiger partial charge is 0.381 e. The molecule has 1 N–H and O–H groups in total. The van der Waals surface area contributed by atoms with Gasteiger partial charge in [0.15, 0.2) is 0 Å². The number of aromatic nitrogens is 1. The van der Waals surface area contributed by atoms with Crippen molar-refractivity contribution < 1.29 is 4.74 Å². The van der Waals surface area contributed by atoms with Gasteiger partial charge in [0.1, 0.15) is 0 Å². The van der Waals surface area contributed by atoms with E-state index >= 15 is 0 Å². The molecule has 0 aliphatic carbocycles. The number of rotatable bonds is 4. The number of hydrogen-bond acceptors (Lipinski definition) is 3. The maximum atomic E-state index is 5.35. The minimum atomic E-state index is 0.397. The lowest BCUT2D eigenvalue weighted by Crippen LogP contribution is -2.25. The molecule has 1 saturated heterocycles. The molecule has 2 heterocycles. The van der Waals surface area contributed by atoms with E-state index < -0.39 is 0 Å². The molecule has 0 amide bonds. The molecule has 1 fully saturated rings. The van der Waals surface area contributed by atoms with Crippen molar-refractivity contribution in [2.24, 2.45) is 5.92 Å². The maximum Gasteiger partial charge on any atom is 0.0507 e. The molecule has 1 aromatic heterocycles. The fourth-order valence-corrected chi connectivity index (χ4v) is 1.86. The van der Waals surface area contributed by atoms with Crippen molar-refractivity contribution in [3.63, 3.8) is 0 Å². The van der Waals surface area contributed by atoms with Crippen LogP contribution < -0.4 is 5.32 Å². The first-order valence-corrected chi connectivity index (χ1v) is 5.57. The van der Waals surface area contributed by atoms with Crippen LogP contribution in [0.1, 0.15) is 24.9 Å². The van der Waals surface area contributed by atoms with E-state index in [0.29, 0.717) is 12.0 Å². The van der Waals surface area contributed by atoms with E-state index in [0.717, 1.165) is 19.8 Å². The summed E-state index contributed by atoms with van der Waals surface area (Å²) in [4.78, 5) is 4.02. The second-order valence-corrected chi connectivity index (χ2v) is 4.14. The molecule has 0 radical (unpaired) electrons. The van der Waals surface area contributed by atoms with Crippen LogP contribution in [0.25, 0.3) is 0 Å². The predicted octanol–water partition coefficient (Wildman–Crippen LogP) is 1.77. The Balaban J connectivity index is 1.79. The fourth-order valence-electron chi connectivity index (χ4n) is 1.86. The molecule has 0 bridgehead atoms. The predicted molar refractivity (Wildman–Crippen MR) is 59.6 cm³/mol. The van der Waals surface area contributed by atoms with E-state index in [1.165, 1.54) is 12.0 Å². The lowest BCUT2D eigenvalue weighted by molar-refractivity contribution is 0.184. The maximum absolute atomic E-state index is 5.35. The highest BCUT2D eigenvalue weighted by Crippen LogP contribution is 2.14. The van der Waals surface area contributed by atoms with Crippen LogP contribution >= 0.6 is 0 Å². The smallest absolute Gasteiger partial charge is 0.0507 e. The Bertz CT molecular complexity index is 283. The first-order chi connectivity index (χ1) is 7.36. The molecule has 2 atom stereocenters. The molecular formula is C12H18N2O. The Kier molecular flexibility index (Phi) is 3.69. The van der Waals surface area contributed by atoms with Gasteiger partial charge in [-0.05, 0) is 37.0 Å². The van der Waals surface area contributed by atoms with Crippen LogP contribution in [0.2, 0.25) is 0 Å². The zero-order valence-corrected chi connectivity index (χ0v) is 9.15. The van der Waals surface area contributed by atoms with E-state index in [1.807, 2.05) is 12.4 Å². The van der Waals surface area contributed by atoms with Crippen molar-refractivity contribution in [1.29, 1.82) is 0 Å². The van der Waals surface area contributed by atoms with Crippen LogP contribution in [0.4, 0.5) is 0 Å². The summed E-state index contributed by atoms with van der Waals surface area (Å²) in [5.74, 6) is 0.689. The zero-order chi connectivity index (χ0) is 10.5. The lowest BCUT2D eigenvalue weighted by Gasteiger charge is -2.16. The summed E-state index contributed by atoms with van der Waals surface area (Å²) in [6.45, 7) is 5.07. The molecule has 1 aliphatic rings. The topological polar surface area (TPSA) is 34.1 Å². The van der Waals surface area contributed by atoms with Crippen molar-refractivity contribution >= 4 is 0 Å². The lowest BCUT2D eigenvalue weighted by atomic mass is 10.1. The second kappa shape index (κ2) is 5.24. The average Bonchev–Trinajstić information content (AvgIpc) is 2.80.